The Morgan fingerprint density at radius 2 is 1.60 bits per heavy atom. The monoisotopic (exact) mass is 540 g/mol. The van der Waals surface area contributed by atoms with Gasteiger partial charge >= 0.3 is 17.9 Å². The number of carboxylic acid groups (broad SMARTS) is 2. The highest BCUT2D eigenvalue weighted by Gasteiger charge is 2.22. The highest BCUT2D eigenvalue weighted by Crippen LogP contribution is 2.26. The lowest BCUT2D eigenvalue weighted by molar-refractivity contribution is -0.137. The van der Waals surface area contributed by atoms with E-state index in [2.05, 4.69) is 5.32 Å². The molecule has 0 fully saturated rings. The third-order valence-corrected chi connectivity index (χ3v) is 5.85. The molecule has 0 aliphatic carbocycles. The molecule has 6 N–H and O–H groups in total. The van der Waals surface area contributed by atoms with Crippen LogP contribution in [0.5, 0.6) is 5.75 Å². The maximum atomic E-state index is 13.5. The topological polar surface area (TPSA) is 183 Å². The fourth-order valence-electron chi connectivity index (χ4n) is 4.08. The highest BCUT2D eigenvalue weighted by atomic mass is 16.5. The Hall–Kier alpha value is -5.71. The first-order valence-electron chi connectivity index (χ1n) is 11.9. The first kappa shape index (κ1) is 27.3. The van der Waals surface area contributed by atoms with Crippen LogP contribution in [0.15, 0.2) is 84.9 Å². The molecule has 11 nitrogen and oxygen atoms in total. The van der Waals surface area contributed by atoms with Crippen LogP contribution in [0.4, 0.5) is 5.69 Å². The normalized spacial score (nSPS) is 10.5. The number of carboxylic acids is 2. The molecular weight excluding hydrogens is 516 g/mol. The second-order valence-corrected chi connectivity index (χ2v) is 8.75. The van der Waals surface area contributed by atoms with Gasteiger partial charge in [-0.05, 0) is 77.0 Å². The first-order chi connectivity index (χ1) is 19.1. The van der Waals surface area contributed by atoms with E-state index in [-0.39, 0.29) is 34.9 Å². The molecule has 4 aromatic carbocycles. The summed E-state index contributed by atoms with van der Waals surface area (Å²) < 4.78 is 5.49. The van der Waals surface area contributed by atoms with E-state index in [1.807, 2.05) is 0 Å². The number of anilines is 1. The summed E-state index contributed by atoms with van der Waals surface area (Å²) in [5.41, 5.74) is 6.84. The van der Waals surface area contributed by atoms with Gasteiger partial charge in [0, 0.05) is 17.8 Å². The number of amides is 1. The Balaban J connectivity index is 1.57. The molecule has 0 spiro atoms. The number of aromatic carboxylic acids is 1. The number of fused-ring (bicyclic) bond motifs is 1. The first-order valence-corrected chi connectivity index (χ1v) is 11.9. The fourth-order valence-corrected chi connectivity index (χ4v) is 4.08. The molecule has 4 aromatic rings. The number of nitrogens with one attached hydrogen (secondary N) is 2. The summed E-state index contributed by atoms with van der Waals surface area (Å²) in [5, 5.41) is 29.7. The molecule has 0 bridgehead atoms. The van der Waals surface area contributed by atoms with Gasteiger partial charge in [0.05, 0.1) is 11.1 Å². The number of carbonyl (C=O) groups is 4. The van der Waals surface area contributed by atoms with Crippen molar-refractivity contribution >= 4 is 46.2 Å². The van der Waals surface area contributed by atoms with Crippen molar-refractivity contribution in [2.75, 3.05) is 11.9 Å². The average Bonchev–Trinajstić information content (AvgIpc) is 2.91. The SMILES string of the molecule is N=C(N)Nc1ccc(C(=O)Oc2ccc3c(C(=O)N(CC(=O)O)Cc4cccc(C(=O)O)c4)cccc3c2)cc1. The van der Waals surface area contributed by atoms with Crippen LogP contribution in [-0.4, -0.2) is 51.4 Å². The van der Waals surface area contributed by atoms with Crippen LogP contribution in [-0.2, 0) is 11.3 Å². The molecule has 202 valence electrons. The zero-order valence-electron chi connectivity index (χ0n) is 21.0. The quantitative estimate of drug-likeness (QED) is 0.0912. The number of hydrogen-bond donors (Lipinski definition) is 5. The van der Waals surface area contributed by atoms with E-state index in [0.29, 0.717) is 22.0 Å². The third-order valence-electron chi connectivity index (χ3n) is 5.85. The van der Waals surface area contributed by atoms with E-state index >= 15 is 0 Å². The van der Waals surface area contributed by atoms with Crippen molar-refractivity contribution in [3.63, 3.8) is 0 Å². The summed E-state index contributed by atoms with van der Waals surface area (Å²) in [5.74, 6) is -3.52. The lowest BCUT2D eigenvalue weighted by Crippen LogP contribution is -2.35. The Morgan fingerprint density at radius 3 is 2.27 bits per heavy atom. The molecule has 0 saturated heterocycles. The Bertz CT molecular complexity index is 1630. The molecule has 0 aliphatic rings. The summed E-state index contributed by atoms with van der Waals surface area (Å²) in [6.07, 6.45) is 0. The third kappa shape index (κ3) is 6.58. The van der Waals surface area contributed by atoms with E-state index in [0.717, 1.165) is 4.90 Å². The average molecular weight is 541 g/mol. The Kier molecular flexibility index (Phi) is 8.05. The standard InChI is InChI=1S/C29H24N4O7/c30-29(31)32-21-9-7-18(8-10-21)28(39)40-22-11-12-23-19(14-22)4-2-6-24(23)26(36)33(16-25(34)35)15-17-3-1-5-20(13-17)27(37)38/h1-14H,15-16H2,(H,34,35)(H,37,38)(H4,30,31,32). The number of guanidine groups is 1. The van der Waals surface area contributed by atoms with Crippen LogP contribution in [0.1, 0.15) is 36.6 Å². The number of rotatable bonds is 9. The molecule has 11 heteroatoms. The van der Waals surface area contributed by atoms with Gasteiger partial charge in [0.1, 0.15) is 12.3 Å². The minimum atomic E-state index is -1.22. The predicted octanol–water partition coefficient (Wildman–Crippen LogP) is 3.79. The molecule has 0 atom stereocenters. The highest BCUT2D eigenvalue weighted by molar-refractivity contribution is 6.08. The molecule has 0 heterocycles. The second kappa shape index (κ2) is 11.8. The minimum Gasteiger partial charge on any atom is -0.480 e. The largest absolute Gasteiger partial charge is 0.480 e. The predicted molar refractivity (Wildman–Crippen MR) is 147 cm³/mol. The van der Waals surface area contributed by atoms with Gasteiger partial charge in [-0.2, -0.15) is 0 Å². The summed E-state index contributed by atoms with van der Waals surface area (Å²) >= 11 is 0. The molecule has 0 aliphatic heterocycles. The van der Waals surface area contributed by atoms with Gasteiger partial charge in [-0.25, -0.2) is 9.59 Å². The Labute approximate surface area is 227 Å². The summed E-state index contributed by atoms with van der Waals surface area (Å²) in [6, 6.07) is 21.8. The van der Waals surface area contributed by atoms with Crippen LogP contribution in [0, 0.1) is 5.41 Å². The maximum absolute atomic E-state index is 13.5. The number of benzene rings is 4. The van der Waals surface area contributed by atoms with Gasteiger partial charge in [-0.1, -0.05) is 24.3 Å². The zero-order chi connectivity index (χ0) is 28.8. The molecule has 0 saturated carbocycles. The lowest BCUT2D eigenvalue weighted by Gasteiger charge is -2.22. The van der Waals surface area contributed by atoms with Crippen LogP contribution >= 0.6 is 0 Å². The number of ether oxygens (including phenoxy) is 1. The maximum Gasteiger partial charge on any atom is 0.343 e. The molecule has 0 aromatic heterocycles. The van der Waals surface area contributed by atoms with Gasteiger partial charge in [-0.3, -0.25) is 15.0 Å². The van der Waals surface area contributed by atoms with Crippen LogP contribution in [0.2, 0.25) is 0 Å². The number of hydrogen-bond acceptors (Lipinski definition) is 6. The van der Waals surface area contributed by atoms with Crippen molar-refractivity contribution in [2.45, 2.75) is 6.54 Å². The zero-order valence-corrected chi connectivity index (χ0v) is 21.0. The van der Waals surface area contributed by atoms with Crippen molar-refractivity contribution in [3.05, 3.63) is 107 Å². The van der Waals surface area contributed by atoms with E-state index in [9.17, 15) is 29.4 Å². The number of aliphatic carboxylic acids is 1. The van der Waals surface area contributed by atoms with E-state index in [1.165, 1.54) is 36.4 Å². The fraction of sp³-hybridized carbons (Fsp3) is 0.0690. The molecule has 0 radical (unpaired) electrons. The van der Waals surface area contributed by atoms with Crippen molar-refractivity contribution in [1.29, 1.82) is 5.41 Å². The number of carbonyl (C=O) groups excluding carboxylic acids is 2. The molecule has 0 unspecified atom stereocenters. The van der Waals surface area contributed by atoms with Crippen molar-refractivity contribution in [2.24, 2.45) is 5.73 Å². The van der Waals surface area contributed by atoms with Gasteiger partial charge in [0.15, 0.2) is 5.96 Å². The molecular formula is C29H24N4O7. The summed E-state index contributed by atoms with van der Waals surface area (Å²) in [6.45, 7) is -0.706. The van der Waals surface area contributed by atoms with E-state index in [4.69, 9.17) is 15.9 Å². The van der Waals surface area contributed by atoms with Crippen molar-refractivity contribution < 1.29 is 34.1 Å². The Morgan fingerprint density at radius 1 is 0.875 bits per heavy atom. The lowest BCUT2D eigenvalue weighted by atomic mass is 10.0. The number of nitrogens with two attached hydrogens (primary N) is 1. The molecule has 40 heavy (non-hydrogen) atoms. The summed E-state index contributed by atoms with van der Waals surface area (Å²) in [4.78, 5) is 50.1. The van der Waals surface area contributed by atoms with Crippen LogP contribution in [0.3, 0.4) is 0 Å². The second-order valence-electron chi connectivity index (χ2n) is 8.75. The van der Waals surface area contributed by atoms with Crippen LogP contribution < -0.4 is 15.8 Å². The number of esters is 1. The van der Waals surface area contributed by atoms with Crippen LogP contribution in [0.25, 0.3) is 10.8 Å². The molecule has 4 rings (SSSR count). The summed E-state index contributed by atoms with van der Waals surface area (Å²) in [7, 11) is 0. The van der Waals surface area contributed by atoms with E-state index < -0.39 is 30.4 Å². The van der Waals surface area contributed by atoms with Gasteiger partial charge in [0.25, 0.3) is 5.91 Å². The van der Waals surface area contributed by atoms with Gasteiger partial charge in [-0.15, -0.1) is 0 Å². The van der Waals surface area contributed by atoms with Gasteiger partial charge in [0.2, 0.25) is 0 Å². The number of nitrogens with zero attached hydrogens (tertiary/aromatic N) is 1. The van der Waals surface area contributed by atoms with E-state index in [1.54, 1.807) is 48.5 Å². The minimum absolute atomic E-state index is 0.0242. The smallest absolute Gasteiger partial charge is 0.343 e. The van der Waals surface area contributed by atoms with Crippen molar-refractivity contribution in [1.82, 2.24) is 4.90 Å². The van der Waals surface area contributed by atoms with Crippen molar-refractivity contribution in [3.8, 4) is 5.75 Å². The molecule has 1 amide bonds. The van der Waals surface area contributed by atoms with Gasteiger partial charge < -0.3 is 30.9 Å².